The van der Waals surface area contributed by atoms with Crippen LogP contribution in [-0.2, 0) is 0 Å². The quantitative estimate of drug-likeness (QED) is 0.799. The summed E-state index contributed by atoms with van der Waals surface area (Å²) < 4.78 is 0. The molecule has 1 rings (SSSR count). The molecule has 0 atom stereocenters. The number of carbonyl (C=O) groups excluding carboxylic acids is 1. The summed E-state index contributed by atoms with van der Waals surface area (Å²) in [5.41, 5.74) is 0.398. The van der Waals surface area contributed by atoms with Gasteiger partial charge in [-0.2, -0.15) is 0 Å². The molecule has 0 aliphatic heterocycles. The fourth-order valence-electron chi connectivity index (χ4n) is 1.54. The average molecular weight is 265 g/mol. The van der Waals surface area contributed by atoms with Crippen molar-refractivity contribution in [3.05, 3.63) is 17.6 Å². The number of hydrogen-bond acceptors (Lipinski definition) is 5. The van der Waals surface area contributed by atoms with E-state index in [-0.39, 0.29) is 11.9 Å². The van der Waals surface area contributed by atoms with Gasteiger partial charge in [-0.05, 0) is 34.9 Å². The summed E-state index contributed by atoms with van der Waals surface area (Å²) in [6.07, 6.45) is 0. The monoisotopic (exact) mass is 265 g/mol. The minimum Gasteiger partial charge on any atom is -0.368 e. The van der Waals surface area contributed by atoms with E-state index in [2.05, 4.69) is 20.6 Å². The van der Waals surface area contributed by atoms with Gasteiger partial charge in [-0.1, -0.05) is 0 Å². The van der Waals surface area contributed by atoms with Crippen LogP contribution in [0.4, 0.5) is 5.82 Å². The third kappa shape index (κ3) is 5.65. The van der Waals surface area contributed by atoms with Gasteiger partial charge >= 0.3 is 0 Å². The number of nitrogens with zero attached hydrogens (tertiary/aromatic N) is 3. The molecule has 0 aliphatic carbocycles. The Bertz CT molecular complexity index is 431. The Morgan fingerprint density at radius 2 is 2.05 bits per heavy atom. The van der Waals surface area contributed by atoms with E-state index in [1.807, 2.05) is 32.8 Å². The molecule has 6 heteroatoms. The smallest absolute Gasteiger partial charge is 0.270 e. The highest BCUT2D eigenvalue weighted by Gasteiger charge is 2.10. The molecule has 0 saturated heterocycles. The van der Waals surface area contributed by atoms with Gasteiger partial charge in [0.2, 0.25) is 0 Å². The molecular formula is C13H23N5O. The first-order chi connectivity index (χ1) is 8.88. The summed E-state index contributed by atoms with van der Waals surface area (Å²) in [6, 6.07) is 1.94. The van der Waals surface area contributed by atoms with Crippen LogP contribution < -0.4 is 10.6 Å². The summed E-state index contributed by atoms with van der Waals surface area (Å²) in [7, 11) is 3.93. The fourth-order valence-corrected chi connectivity index (χ4v) is 1.54. The predicted octanol–water partition coefficient (Wildman–Crippen LogP) is 0.897. The van der Waals surface area contributed by atoms with Gasteiger partial charge in [-0.25, -0.2) is 9.97 Å². The van der Waals surface area contributed by atoms with Crippen LogP contribution in [0.25, 0.3) is 0 Å². The first-order valence-corrected chi connectivity index (χ1v) is 6.43. The number of aromatic nitrogens is 2. The fraction of sp³-hybridized carbons (Fsp3) is 0.615. The summed E-state index contributed by atoms with van der Waals surface area (Å²) in [4.78, 5) is 22.4. The van der Waals surface area contributed by atoms with Gasteiger partial charge < -0.3 is 15.5 Å². The number of carbonyl (C=O) groups is 1. The Labute approximate surface area is 114 Å². The lowest BCUT2D eigenvalue weighted by Gasteiger charge is -2.12. The van der Waals surface area contributed by atoms with Gasteiger partial charge in [-0.15, -0.1) is 0 Å². The predicted molar refractivity (Wildman–Crippen MR) is 76.4 cm³/mol. The number of nitrogens with one attached hydrogen (secondary N) is 2. The van der Waals surface area contributed by atoms with Crippen molar-refractivity contribution in [2.24, 2.45) is 0 Å². The molecule has 0 saturated carbocycles. The molecule has 0 radical (unpaired) electrons. The van der Waals surface area contributed by atoms with Crippen LogP contribution in [0.2, 0.25) is 0 Å². The molecule has 0 bridgehead atoms. The van der Waals surface area contributed by atoms with Gasteiger partial charge in [0.25, 0.3) is 5.91 Å². The third-order valence-corrected chi connectivity index (χ3v) is 2.35. The molecule has 0 spiro atoms. The molecule has 106 valence electrons. The average Bonchev–Trinajstić information content (AvgIpc) is 2.26. The molecule has 1 heterocycles. The third-order valence-electron chi connectivity index (χ3n) is 2.35. The minimum atomic E-state index is -0.167. The zero-order valence-corrected chi connectivity index (χ0v) is 12.3. The second-order valence-electron chi connectivity index (χ2n) is 5.04. The van der Waals surface area contributed by atoms with Crippen molar-refractivity contribution >= 4 is 11.7 Å². The molecule has 1 aromatic heterocycles. The second kappa shape index (κ2) is 7.04. The lowest BCUT2D eigenvalue weighted by Crippen LogP contribution is -2.32. The Kier molecular flexibility index (Phi) is 5.69. The van der Waals surface area contributed by atoms with Crippen LogP contribution in [0, 0.1) is 6.92 Å². The van der Waals surface area contributed by atoms with Crippen LogP contribution in [0.3, 0.4) is 0 Å². The van der Waals surface area contributed by atoms with Crippen LogP contribution >= 0.6 is 0 Å². The number of anilines is 1. The Balaban J connectivity index is 2.71. The molecule has 1 amide bonds. The van der Waals surface area contributed by atoms with Crippen molar-refractivity contribution in [2.75, 3.05) is 32.5 Å². The highest BCUT2D eigenvalue weighted by Crippen LogP contribution is 2.08. The molecule has 2 N–H and O–H groups in total. The van der Waals surface area contributed by atoms with E-state index in [0.717, 1.165) is 6.54 Å². The maximum absolute atomic E-state index is 12.0. The van der Waals surface area contributed by atoms with E-state index in [1.54, 1.807) is 13.0 Å². The first-order valence-electron chi connectivity index (χ1n) is 6.43. The molecule has 19 heavy (non-hydrogen) atoms. The van der Waals surface area contributed by atoms with Crippen LogP contribution in [-0.4, -0.2) is 54.0 Å². The SMILES string of the molecule is Cc1nc(NC(C)C)cc(C(=O)NCCN(C)C)n1. The van der Waals surface area contributed by atoms with E-state index in [9.17, 15) is 4.79 Å². The zero-order valence-electron chi connectivity index (χ0n) is 12.3. The lowest BCUT2D eigenvalue weighted by molar-refractivity contribution is 0.0945. The van der Waals surface area contributed by atoms with E-state index in [0.29, 0.717) is 23.9 Å². The maximum Gasteiger partial charge on any atom is 0.270 e. The van der Waals surface area contributed by atoms with Crippen molar-refractivity contribution in [3.8, 4) is 0 Å². The molecule has 0 fully saturated rings. The van der Waals surface area contributed by atoms with Crippen LogP contribution in [0.15, 0.2) is 6.07 Å². The van der Waals surface area contributed by atoms with Gasteiger partial charge in [0.1, 0.15) is 17.3 Å². The van der Waals surface area contributed by atoms with Crippen molar-refractivity contribution in [1.29, 1.82) is 0 Å². The summed E-state index contributed by atoms with van der Waals surface area (Å²) >= 11 is 0. The Hall–Kier alpha value is -1.69. The summed E-state index contributed by atoms with van der Waals surface area (Å²) in [6.45, 7) is 7.22. The van der Waals surface area contributed by atoms with Crippen molar-refractivity contribution in [3.63, 3.8) is 0 Å². The number of aryl methyl sites for hydroxylation is 1. The largest absolute Gasteiger partial charge is 0.368 e. The molecule has 0 unspecified atom stereocenters. The van der Waals surface area contributed by atoms with Crippen molar-refractivity contribution in [1.82, 2.24) is 20.2 Å². The molecule has 6 nitrogen and oxygen atoms in total. The van der Waals surface area contributed by atoms with E-state index < -0.39 is 0 Å². The van der Waals surface area contributed by atoms with Gasteiger partial charge in [-0.3, -0.25) is 4.79 Å². The van der Waals surface area contributed by atoms with Crippen LogP contribution in [0.5, 0.6) is 0 Å². The molecule has 1 aromatic rings. The number of amides is 1. The van der Waals surface area contributed by atoms with Gasteiger partial charge in [0.05, 0.1) is 0 Å². The normalized spacial score (nSPS) is 10.9. The molecule has 0 aromatic carbocycles. The zero-order chi connectivity index (χ0) is 14.4. The van der Waals surface area contributed by atoms with Crippen molar-refractivity contribution < 1.29 is 4.79 Å². The minimum absolute atomic E-state index is 0.167. The van der Waals surface area contributed by atoms with Crippen molar-refractivity contribution in [2.45, 2.75) is 26.8 Å². The standard InChI is InChI=1S/C13H23N5O/c1-9(2)15-12-8-11(16-10(3)17-12)13(19)14-6-7-18(4)5/h8-9H,6-7H2,1-5H3,(H,14,19)(H,15,16,17). The molecule has 0 aliphatic rings. The van der Waals surface area contributed by atoms with Gasteiger partial charge in [0.15, 0.2) is 0 Å². The summed E-state index contributed by atoms with van der Waals surface area (Å²) in [5, 5.41) is 6.02. The number of rotatable bonds is 6. The van der Waals surface area contributed by atoms with Crippen LogP contribution in [0.1, 0.15) is 30.2 Å². The number of likely N-dealkylation sites (N-methyl/N-ethyl adjacent to an activating group) is 1. The Morgan fingerprint density at radius 1 is 1.37 bits per heavy atom. The summed E-state index contributed by atoms with van der Waals surface area (Å²) in [5.74, 6) is 1.10. The second-order valence-corrected chi connectivity index (χ2v) is 5.04. The first kappa shape index (κ1) is 15.4. The molecular weight excluding hydrogens is 242 g/mol. The Morgan fingerprint density at radius 3 is 2.63 bits per heavy atom. The maximum atomic E-state index is 12.0. The van der Waals surface area contributed by atoms with Gasteiger partial charge in [0, 0.05) is 25.2 Å². The topological polar surface area (TPSA) is 70.2 Å². The highest BCUT2D eigenvalue weighted by atomic mass is 16.1. The van der Waals surface area contributed by atoms with E-state index in [1.165, 1.54) is 0 Å². The highest BCUT2D eigenvalue weighted by molar-refractivity contribution is 5.92. The number of hydrogen-bond donors (Lipinski definition) is 2. The van der Waals surface area contributed by atoms with E-state index in [4.69, 9.17) is 0 Å². The lowest BCUT2D eigenvalue weighted by atomic mass is 10.3. The van der Waals surface area contributed by atoms with E-state index >= 15 is 0 Å².